The second-order valence-electron chi connectivity index (χ2n) is 4.16. The molecule has 0 saturated carbocycles. The first-order chi connectivity index (χ1) is 6.75. The van der Waals surface area contributed by atoms with Crippen molar-refractivity contribution in [1.29, 1.82) is 0 Å². The standard InChI is InChI=1S/C13H16N.ClH/c1-11(2)9-14-8-7-12-5-3-4-6-13(12)10-14;/h3-8,10-11H,9H2,1-2H3;1H/q+1;/p-1. The molecule has 0 radical (unpaired) electrons. The lowest BCUT2D eigenvalue weighted by Crippen LogP contribution is -3.00. The molecular formula is C13H16ClN. The molecule has 80 valence electrons. The molecule has 1 aromatic heterocycles. The Morgan fingerprint density at radius 3 is 2.40 bits per heavy atom. The van der Waals surface area contributed by atoms with E-state index in [-0.39, 0.29) is 12.4 Å². The van der Waals surface area contributed by atoms with Gasteiger partial charge >= 0.3 is 0 Å². The van der Waals surface area contributed by atoms with Gasteiger partial charge in [-0.1, -0.05) is 32.0 Å². The van der Waals surface area contributed by atoms with Crippen LogP contribution in [0.4, 0.5) is 0 Å². The number of rotatable bonds is 2. The van der Waals surface area contributed by atoms with Crippen molar-refractivity contribution in [2.45, 2.75) is 20.4 Å². The fourth-order valence-electron chi connectivity index (χ4n) is 1.71. The maximum absolute atomic E-state index is 2.26. The van der Waals surface area contributed by atoms with Crippen LogP contribution in [0.3, 0.4) is 0 Å². The maximum atomic E-state index is 2.26. The Kier molecular flexibility index (Phi) is 4.10. The van der Waals surface area contributed by atoms with E-state index in [4.69, 9.17) is 0 Å². The number of aromatic nitrogens is 1. The SMILES string of the molecule is CC(C)C[n+]1ccc2ccccc2c1.[Cl-]. The molecule has 0 saturated heterocycles. The van der Waals surface area contributed by atoms with Gasteiger partial charge in [0.15, 0.2) is 18.9 Å². The molecule has 0 fully saturated rings. The lowest BCUT2D eigenvalue weighted by atomic mass is 10.1. The van der Waals surface area contributed by atoms with Crippen LogP contribution in [0.2, 0.25) is 0 Å². The topological polar surface area (TPSA) is 3.88 Å². The summed E-state index contributed by atoms with van der Waals surface area (Å²) in [6.07, 6.45) is 4.37. The number of benzene rings is 1. The smallest absolute Gasteiger partial charge is 0.176 e. The number of halogens is 1. The van der Waals surface area contributed by atoms with E-state index in [1.165, 1.54) is 10.8 Å². The predicted octanol–water partition coefficient (Wildman–Crippen LogP) is -0.213. The molecule has 15 heavy (non-hydrogen) atoms. The molecule has 2 aromatic rings. The van der Waals surface area contributed by atoms with Crippen molar-refractivity contribution >= 4 is 10.8 Å². The summed E-state index contributed by atoms with van der Waals surface area (Å²) in [6, 6.07) is 10.6. The first-order valence-corrected chi connectivity index (χ1v) is 5.13. The number of pyridine rings is 1. The molecule has 0 N–H and O–H groups in total. The van der Waals surface area contributed by atoms with E-state index in [1.54, 1.807) is 0 Å². The maximum Gasteiger partial charge on any atom is 0.176 e. The van der Waals surface area contributed by atoms with Crippen molar-refractivity contribution < 1.29 is 17.0 Å². The van der Waals surface area contributed by atoms with Crippen molar-refractivity contribution in [3.63, 3.8) is 0 Å². The molecule has 0 aliphatic heterocycles. The molecule has 0 amide bonds. The van der Waals surface area contributed by atoms with Gasteiger partial charge in [0.1, 0.15) is 0 Å². The fraction of sp³-hybridized carbons (Fsp3) is 0.308. The van der Waals surface area contributed by atoms with E-state index in [0.29, 0.717) is 5.92 Å². The van der Waals surface area contributed by atoms with Gasteiger partial charge in [-0.15, -0.1) is 0 Å². The molecule has 0 bridgehead atoms. The first kappa shape index (κ1) is 12.0. The van der Waals surface area contributed by atoms with Crippen LogP contribution >= 0.6 is 0 Å². The Balaban J connectivity index is 0.00000112. The van der Waals surface area contributed by atoms with Crippen LogP contribution in [0.15, 0.2) is 42.7 Å². The molecular weight excluding hydrogens is 206 g/mol. The van der Waals surface area contributed by atoms with Crippen molar-refractivity contribution in [2.75, 3.05) is 0 Å². The fourth-order valence-corrected chi connectivity index (χ4v) is 1.71. The third-order valence-electron chi connectivity index (χ3n) is 2.32. The highest BCUT2D eigenvalue weighted by atomic mass is 35.5. The summed E-state index contributed by atoms with van der Waals surface area (Å²) in [5.41, 5.74) is 0. The summed E-state index contributed by atoms with van der Waals surface area (Å²) in [7, 11) is 0. The van der Waals surface area contributed by atoms with Crippen molar-refractivity contribution in [1.82, 2.24) is 0 Å². The Hall–Kier alpha value is -1.08. The molecule has 0 aliphatic rings. The van der Waals surface area contributed by atoms with Crippen LogP contribution < -0.4 is 17.0 Å². The highest BCUT2D eigenvalue weighted by Crippen LogP contribution is 2.09. The largest absolute Gasteiger partial charge is 1.00 e. The van der Waals surface area contributed by atoms with Crippen molar-refractivity contribution in [2.24, 2.45) is 5.92 Å². The van der Waals surface area contributed by atoms with Crippen molar-refractivity contribution in [3.05, 3.63) is 42.7 Å². The zero-order valence-corrected chi connectivity index (χ0v) is 9.91. The number of nitrogens with zero attached hydrogens (tertiary/aromatic N) is 1. The Morgan fingerprint density at radius 1 is 1.07 bits per heavy atom. The van der Waals surface area contributed by atoms with Gasteiger partial charge in [-0.05, 0) is 11.5 Å². The Labute approximate surface area is 97.2 Å². The van der Waals surface area contributed by atoms with Gasteiger partial charge in [0.2, 0.25) is 0 Å². The van der Waals surface area contributed by atoms with Gasteiger partial charge in [-0.25, -0.2) is 4.57 Å². The quantitative estimate of drug-likeness (QED) is 0.618. The molecule has 1 nitrogen and oxygen atoms in total. The monoisotopic (exact) mass is 221 g/mol. The van der Waals surface area contributed by atoms with Crippen LogP contribution in [0.5, 0.6) is 0 Å². The third kappa shape index (κ3) is 2.93. The summed E-state index contributed by atoms with van der Waals surface area (Å²) >= 11 is 0. The molecule has 1 heterocycles. The zero-order chi connectivity index (χ0) is 9.97. The van der Waals surface area contributed by atoms with Crippen LogP contribution in [0.1, 0.15) is 13.8 Å². The average Bonchev–Trinajstić information content (AvgIpc) is 2.17. The second-order valence-corrected chi connectivity index (χ2v) is 4.16. The highest BCUT2D eigenvalue weighted by molar-refractivity contribution is 5.80. The van der Waals surface area contributed by atoms with Gasteiger partial charge in [-0.2, -0.15) is 0 Å². The lowest BCUT2D eigenvalue weighted by molar-refractivity contribution is -0.701. The van der Waals surface area contributed by atoms with Gasteiger partial charge in [0.05, 0.1) is 0 Å². The molecule has 0 atom stereocenters. The lowest BCUT2D eigenvalue weighted by Gasteiger charge is -2.01. The minimum absolute atomic E-state index is 0. The van der Waals surface area contributed by atoms with Crippen LogP contribution in [0.25, 0.3) is 10.8 Å². The molecule has 2 rings (SSSR count). The van der Waals surface area contributed by atoms with E-state index in [1.807, 2.05) is 0 Å². The molecule has 0 spiro atoms. The minimum atomic E-state index is 0. The van der Waals surface area contributed by atoms with E-state index < -0.39 is 0 Å². The average molecular weight is 222 g/mol. The van der Waals surface area contributed by atoms with Crippen LogP contribution in [-0.4, -0.2) is 0 Å². The minimum Gasteiger partial charge on any atom is -1.00 e. The molecule has 0 aliphatic carbocycles. The van der Waals surface area contributed by atoms with E-state index in [0.717, 1.165) is 6.54 Å². The van der Waals surface area contributed by atoms with E-state index in [2.05, 4.69) is 61.1 Å². The third-order valence-corrected chi connectivity index (χ3v) is 2.32. The molecule has 0 unspecified atom stereocenters. The summed E-state index contributed by atoms with van der Waals surface area (Å²) in [5.74, 6) is 0.696. The summed E-state index contributed by atoms with van der Waals surface area (Å²) in [4.78, 5) is 0. The van der Waals surface area contributed by atoms with Crippen LogP contribution in [0, 0.1) is 5.92 Å². The first-order valence-electron chi connectivity index (χ1n) is 5.13. The summed E-state index contributed by atoms with van der Waals surface area (Å²) in [6.45, 7) is 5.56. The van der Waals surface area contributed by atoms with Crippen LogP contribution in [-0.2, 0) is 6.54 Å². The molecule has 1 aromatic carbocycles. The summed E-state index contributed by atoms with van der Waals surface area (Å²) < 4.78 is 2.26. The van der Waals surface area contributed by atoms with Gasteiger partial charge < -0.3 is 12.4 Å². The van der Waals surface area contributed by atoms with Gasteiger partial charge in [0, 0.05) is 17.4 Å². The van der Waals surface area contributed by atoms with Gasteiger partial charge in [-0.3, -0.25) is 0 Å². The number of hydrogen-bond acceptors (Lipinski definition) is 0. The molecule has 2 heteroatoms. The van der Waals surface area contributed by atoms with E-state index in [9.17, 15) is 0 Å². The highest BCUT2D eigenvalue weighted by Gasteiger charge is 2.04. The summed E-state index contributed by atoms with van der Waals surface area (Å²) in [5, 5.41) is 2.63. The second kappa shape index (κ2) is 5.13. The zero-order valence-electron chi connectivity index (χ0n) is 9.15. The van der Waals surface area contributed by atoms with Crippen molar-refractivity contribution in [3.8, 4) is 0 Å². The van der Waals surface area contributed by atoms with E-state index >= 15 is 0 Å². The number of hydrogen-bond donors (Lipinski definition) is 0. The van der Waals surface area contributed by atoms with Gasteiger partial charge in [0.25, 0.3) is 0 Å². The number of fused-ring (bicyclic) bond motifs is 1. The Morgan fingerprint density at radius 2 is 1.73 bits per heavy atom. The normalized spacial score (nSPS) is 10.3. The Bertz CT molecular complexity index is 437. The predicted molar refractivity (Wildman–Crippen MR) is 59.0 cm³/mol.